The van der Waals surface area contributed by atoms with Gasteiger partial charge < -0.3 is 10.1 Å². The highest BCUT2D eigenvalue weighted by Gasteiger charge is 2.60. The van der Waals surface area contributed by atoms with Crippen molar-refractivity contribution in [2.24, 2.45) is 5.92 Å². The van der Waals surface area contributed by atoms with Crippen molar-refractivity contribution in [3.63, 3.8) is 0 Å². The van der Waals surface area contributed by atoms with Gasteiger partial charge in [0.2, 0.25) is 11.9 Å². The van der Waals surface area contributed by atoms with Crippen molar-refractivity contribution < 1.29 is 18.3 Å². The molecule has 1 aromatic carbocycles. The van der Waals surface area contributed by atoms with Crippen LogP contribution in [-0.2, 0) is 10.2 Å². The molecule has 2 heterocycles. The van der Waals surface area contributed by atoms with Gasteiger partial charge >= 0.3 is 0 Å². The molecule has 8 heteroatoms. The first-order valence-corrected chi connectivity index (χ1v) is 9.90. The highest BCUT2D eigenvalue weighted by atomic mass is 19.1. The summed E-state index contributed by atoms with van der Waals surface area (Å²) in [6.45, 7) is 5.35. The normalized spacial score (nSPS) is 19.7. The molecule has 6 nitrogen and oxygen atoms in total. The zero-order valence-corrected chi connectivity index (χ0v) is 17.4. The summed E-state index contributed by atoms with van der Waals surface area (Å²) in [5, 5.41) is 2.79. The summed E-state index contributed by atoms with van der Waals surface area (Å²) in [7, 11) is 0. The number of rotatable bonds is 6. The molecule has 1 aliphatic carbocycles. The van der Waals surface area contributed by atoms with Crippen LogP contribution in [0.5, 0.6) is 5.75 Å². The maximum absolute atomic E-state index is 13.9. The minimum absolute atomic E-state index is 0.169. The molecule has 31 heavy (non-hydrogen) atoms. The molecule has 160 valence electrons. The van der Waals surface area contributed by atoms with Crippen molar-refractivity contribution in [2.45, 2.75) is 32.6 Å². The number of ether oxygens (including phenoxy) is 1. The minimum Gasteiger partial charge on any atom is -0.489 e. The van der Waals surface area contributed by atoms with Gasteiger partial charge in [0.25, 0.3) is 0 Å². The Labute approximate surface area is 178 Å². The minimum atomic E-state index is -0.688. The van der Waals surface area contributed by atoms with E-state index in [0.717, 1.165) is 0 Å². The molecule has 1 fully saturated rings. The van der Waals surface area contributed by atoms with Crippen molar-refractivity contribution in [1.82, 2.24) is 15.0 Å². The Bertz CT molecular complexity index is 1150. The number of nitrogens with one attached hydrogen (secondary N) is 1. The van der Waals surface area contributed by atoms with Gasteiger partial charge in [0.05, 0.1) is 36.3 Å². The van der Waals surface area contributed by atoms with E-state index in [1.807, 2.05) is 6.92 Å². The van der Waals surface area contributed by atoms with Gasteiger partial charge in [0, 0.05) is 11.0 Å². The molecule has 3 aromatic rings. The van der Waals surface area contributed by atoms with Crippen molar-refractivity contribution in [3.05, 3.63) is 77.1 Å². The van der Waals surface area contributed by atoms with Gasteiger partial charge in [-0.25, -0.2) is 19.3 Å². The lowest BCUT2D eigenvalue weighted by Gasteiger charge is -2.20. The maximum Gasteiger partial charge on any atom is 0.228 e. The standard InChI is InChI=1S/C23H22F2N4O2/c1-13-7-18(10-27-21(13)25)29-22(30)19-9-23(19,16-5-4-6-17(24)8-16)12-31-20-11-26-15(3)28-14(20)2/h4-8,10-11,19H,9,12H2,1-3H3,(H,29,30)/t19-,23+/m0/s1. The van der Waals surface area contributed by atoms with E-state index in [2.05, 4.69) is 20.3 Å². The van der Waals surface area contributed by atoms with Crippen LogP contribution in [0.15, 0.2) is 42.7 Å². The number of hydrogen-bond acceptors (Lipinski definition) is 5. The molecular weight excluding hydrogens is 402 g/mol. The van der Waals surface area contributed by atoms with Crippen molar-refractivity contribution >= 4 is 11.6 Å². The predicted octanol–water partition coefficient (Wildman–Crippen LogP) is 4.05. The quantitative estimate of drug-likeness (QED) is 0.604. The van der Waals surface area contributed by atoms with Crippen LogP contribution >= 0.6 is 0 Å². The third kappa shape index (κ3) is 4.23. The lowest BCUT2D eigenvalue weighted by molar-refractivity contribution is -0.117. The maximum atomic E-state index is 13.9. The van der Waals surface area contributed by atoms with Crippen LogP contribution in [0.3, 0.4) is 0 Å². The molecule has 1 amide bonds. The number of benzene rings is 1. The monoisotopic (exact) mass is 424 g/mol. The average molecular weight is 424 g/mol. The van der Waals surface area contributed by atoms with Gasteiger partial charge in [-0.2, -0.15) is 4.39 Å². The fourth-order valence-corrected chi connectivity index (χ4v) is 3.79. The molecule has 1 saturated carbocycles. The van der Waals surface area contributed by atoms with E-state index in [0.29, 0.717) is 40.5 Å². The van der Waals surface area contributed by atoms with Gasteiger partial charge in [-0.3, -0.25) is 4.79 Å². The first-order valence-electron chi connectivity index (χ1n) is 9.90. The fourth-order valence-electron chi connectivity index (χ4n) is 3.79. The number of carbonyl (C=O) groups excluding carboxylic acids is 1. The van der Waals surface area contributed by atoms with Gasteiger partial charge in [-0.05, 0) is 51.0 Å². The van der Waals surface area contributed by atoms with Crippen molar-refractivity contribution in [1.29, 1.82) is 0 Å². The lowest BCUT2D eigenvalue weighted by Crippen LogP contribution is -2.27. The second kappa shape index (κ2) is 8.02. The van der Waals surface area contributed by atoms with Crippen LogP contribution in [0.25, 0.3) is 0 Å². The Morgan fingerprint density at radius 3 is 2.71 bits per heavy atom. The number of pyridine rings is 1. The third-order valence-corrected chi connectivity index (χ3v) is 5.61. The third-order valence-electron chi connectivity index (χ3n) is 5.61. The van der Waals surface area contributed by atoms with E-state index in [9.17, 15) is 13.6 Å². The molecule has 2 aromatic heterocycles. The molecule has 0 unspecified atom stereocenters. The Kier molecular flexibility index (Phi) is 5.39. The Balaban J connectivity index is 1.57. The second-order valence-corrected chi connectivity index (χ2v) is 7.90. The van der Waals surface area contributed by atoms with E-state index >= 15 is 0 Å². The molecule has 0 bridgehead atoms. The summed E-state index contributed by atoms with van der Waals surface area (Å²) < 4.78 is 33.4. The molecule has 0 aliphatic heterocycles. The highest BCUT2D eigenvalue weighted by Crippen LogP contribution is 2.55. The topological polar surface area (TPSA) is 77.0 Å². The predicted molar refractivity (Wildman–Crippen MR) is 111 cm³/mol. The summed E-state index contributed by atoms with van der Waals surface area (Å²) in [4.78, 5) is 25.1. The number of carbonyl (C=O) groups is 1. The summed E-state index contributed by atoms with van der Waals surface area (Å²) >= 11 is 0. The zero-order chi connectivity index (χ0) is 22.2. The average Bonchev–Trinajstić information content (AvgIpc) is 3.46. The van der Waals surface area contributed by atoms with Gasteiger partial charge in [-0.15, -0.1) is 0 Å². The van der Waals surface area contributed by atoms with Crippen LogP contribution in [0.1, 0.15) is 29.1 Å². The molecule has 4 rings (SSSR count). The van der Waals surface area contributed by atoms with E-state index < -0.39 is 17.3 Å². The fraction of sp³-hybridized carbons (Fsp3) is 0.304. The molecule has 0 radical (unpaired) electrons. The number of aryl methyl sites for hydroxylation is 3. The van der Waals surface area contributed by atoms with E-state index in [-0.39, 0.29) is 18.3 Å². The largest absolute Gasteiger partial charge is 0.489 e. The lowest BCUT2D eigenvalue weighted by atomic mass is 9.93. The summed E-state index contributed by atoms with van der Waals surface area (Å²) in [5.41, 5.74) is 1.44. The highest BCUT2D eigenvalue weighted by molar-refractivity contribution is 5.96. The summed E-state index contributed by atoms with van der Waals surface area (Å²) in [6.07, 6.45) is 3.36. The molecule has 0 spiro atoms. The van der Waals surface area contributed by atoms with E-state index in [1.165, 1.54) is 24.4 Å². The SMILES string of the molecule is Cc1ncc(OC[C@@]2(c3cccc(F)c3)C[C@H]2C(=O)Nc2cnc(F)c(C)c2)c(C)n1. The van der Waals surface area contributed by atoms with Crippen LogP contribution in [0, 0.1) is 38.5 Å². The van der Waals surface area contributed by atoms with Crippen molar-refractivity contribution in [3.8, 4) is 5.75 Å². The van der Waals surface area contributed by atoms with Crippen molar-refractivity contribution in [2.75, 3.05) is 11.9 Å². The first-order chi connectivity index (χ1) is 14.8. The van der Waals surface area contributed by atoms with Gasteiger partial charge in [-0.1, -0.05) is 12.1 Å². The number of halogens is 2. The summed E-state index contributed by atoms with van der Waals surface area (Å²) in [6, 6.07) is 7.73. The van der Waals surface area contributed by atoms with E-state index in [4.69, 9.17) is 4.74 Å². The Morgan fingerprint density at radius 1 is 1.19 bits per heavy atom. The van der Waals surface area contributed by atoms with Crippen LogP contribution in [-0.4, -0.2) is 27.5 Å². The van der Waals surface area contributed by atoms with Gasteiger partial charge in [0.15, 0.2) is 5.75 Å². The number of nitrogens with zero attached hydrogens (tertiary/aromatic N) is 3. The number of anilines is 1. The number of amides is 1. The summed E-state index contributed by atoms with van der Waals surface area (Å²) in [5.74, 6) is -0.495. The first kappa shape index (κ1) is 20.8. The number of aromatic nitrogens is 3. The Hall–Kier alpha value is -3.42. The second-order valence-electron chi connectivity index (χ2n) is 7.90. The zero-order valence-electron chi connectivity index (χ0n) is 17.4. The molecule has 0 saturated heterocycles. The molecule has 2 atom stereocenters. The van der Waals surface area contributed by atoms with Crippen LogP contribution in [0.2, 0.25) is 0 Å². The van der Waals surface area contributed by atoms with Crippen LogP contribution < -0.4 is 10.1 Å². The van der Waals surface area contributed by atoms with Crippen LogP contribution in [0.4, 0.5) is 14.5 Å². The van der Waals surface area contributed by atoms with E-state index in [1.54, 1.807) is 32.2 Å². The molecule has 1 N–H and O–H groups in total. The Morgan fingerprint density at radius 2 is 2.00 bits per heavy atom. The number of hydrogen-bond donors (Lipinski definition) is 1. The molecule has 1 aliphatic rings. The smallest absolute Gasteiger partial charge is 0.228 e. The molecular formula is C23H22F2N4O2. The van der Waals surface area contributed by atoms with Gasteiger partial charge in [0.1, 0.15) is 11.6 Å².